The number of benzene rings is 2. The lowest BCUT2D eigenvalue weighted by Crippen LogP contribution is -2.02. The van der Waals surface area contributed by atoms with Crippen LogP contribution in [0.4, 0.5) is 0 Å². The summed E-state index contributed by atoms with van der Waals surface area (Å²) >= 11 is 12.3. The van der Waals surface area contributed by atoms with Crippen molar-refractivity contribution in [3.05, 3.63) is 79.8 Å². The van der Waals surface area contributed by atoms with E-state index in [9.17, 15) is 19.2 Å². The Bertz CT molecular complexity index is 1080. The van der Waals surface area contributed by atoms with Crippen LogP contribution in [-0.2, 0) is 4.74 Å². The predicted octanol–water partition coefficient (Wildman–Crippen LogP) is 6.55. The molecule has 0 amide bonds. The van der Waals surface area contributed by atoms with Crippen LogP contribution in [0.2, 0.25) is 10.0 Å². The molecule has 2 rings (SSSR count). The first kappa shape index (κ1) is 26.4. The number of Topliss-reactive ketones (excluding diaryl/α,β-unsaturated/α-hetero) is 4. The van der Waals surface area contributed by atoms with E-state index in [1.807, 2.05) is 0 Å². The largest absolute Gasteiger partial charge is 0.373 e. The van der Waals surface area contributed by atoms with Crippen LogP contribution in [0.5, 0.6) is 0 Å². The highest BCUT2D eigenvalue weighted by Gasteiger charge is 2.14. The molecule has 0 saturated heterocycles. The Labute approximate surface area is 203 Å². The molecule has 0 aliphatic heterocycles. The molecular formula is C26H24Cl2O5. The number of halogens is 2. The van der Waals surface area contributed by atoms with Crippen LogP contribution in [0.3, 0.4) is 0 Å². The predicted molar refractivity (Wildman–Crippen MR) is 132 cm³/mol. The van der Waals surface area contributed by atoms with Crippen molar-refractivity contribution in [1.82, 2.24) is 0 Å². The average Bonchev–Trinajstić information content (AvgIpc) is 2.72. The molecule has 0 aliphatic carbocycles. The lowest BCUT2D eigenvalue weighted by Gasteiger charge is -2.08. The van der Waals surface area contributed by atoms with E-state index in [0.717, 1.165) is 0 Å². The van der Waals surface area contributed by atoms with Crippen LogP contribution in [0, 0.1) is 0 Å². The van der Waals surface area contributed by atoms with Crippen LogP contribution in [-0.4, -0.2) is 36.3 Å². The summed E-state index contributed by atoms with van der Waals surface area (Å²) in [6.07, 6.45) is 6.90. The maximum Gasteiger partial charge on any atom is 0.161 e. The summed E-state index contributed by atoms with van der Waals surface area (Å²) in [6, 6.07) is 6.18. The topological polar surface area (TPSA) is 77.5 Å². The van der Waals surface area contributed by atoms with Gasteiger partial charge in [0.2, 0.25) is 0 Å². The second-order valence-electron chi connectivity index (χ2n) is 7.41. The fourth-order valence-electron chi connectivity index (χ4n) is 3.16. The number of carbonyl (C=O) groups is 4. The Morgan fingerprint density at radius 3 is 1.27 bits per heavy atom. The lowest BCUT2D eigenvalue weighted by molar-refractivity contribution is 0.0998. The van der Waals surface area contributed by atoms with Crippen molar-refractivity contribution in [2.75, 3.05) is 13.2 Å². The van der Waals surface area contributed by atoms with E-state index in [4.69, 9.17) is 27.9 Å². The summed E-state index contributed by atoms with van der Waals surface area (Å²) in [4.78, 5) is 47.2. The molecule has 2 aromatic rings. The molecule has 0 radical (unpaired) electrons. The van der Waals surface area contributed by atoms with Crippen LogP contribution >= 0.6 is 23.2 Å². The van der Waals surface area contributed by atoms with Gasteiger partial charge in [0.25, 0.3) is 0 Å². The monoisotopic (exact) mass is 486 g/mol. The van der Waals surface area contributed by atoms with E-state index in [2.05, 4.69) is 0 Å². The first-order valence-corrected chi connectivity index (χ1v) is 10.9. The average molecular weight is 487 g/mol. The van der Waals surface area contributed by atoms with Gasteiger partial charge in [-0.25, -0.2) is 0 Å². The normalized spacial score (nSPS) is 11.3. The second-order valence-corrected chi connectivity index (χ2v) is 8.22. The van der Waals surface area contributed by atoms with Gasteiger partial charge in [0, 0.05) is 22.3 Å². The molecule has 7 heteroatoms. The summed E-state index contributed by atoms with van der Waals surface area (Å²) in [5, 5.41) is 0.568. The second kappa shape index (κ2) is 11.8. The van der Waals surface area contributed by atoms with Gasteiger partial charge in [-0.05, 0) is 63.1 Å². The third-order valence-corrected chi connectivity index (χ3v) is 5.44. The molecule has 0 aromatic heterocycles. The molecule has 0 spiro atoms. The zero-order valence-corrected chi connectivity index (χ0v) is 20.3. The number of ketones is 4. The Kier molecular flexibility index (Phi) is 9.47. The first-order valence-electron chi connectivity index (χ1n) is 10.1. The standard InChI is InChI=1S/C26H24Cl2O5/c1-15(29)21-13-23(17(3)31)25(27)11-19(21)7-5-9-33-10-6-8-20-12-26(28)24(18(4)32)14-22(20)16(2)30/h5-8,11-14H,9-10H2,1-4H3. The number of carbonyl (C=O) groups excluding carboxylic acids is 4. The van der Waals surface area contributed by atoms with Crippen molar-refractivity contribution in [2.24, 2.45) is 0 Å². The van der Waals surface area contributed by atoms with Gasteiger partial charge in [-0.15, -0.1) is 0 Å². The van der Waals surface area contributed by atoms with E-state index in [0.29, 0.717) is 33.4 Å². The molecule has 172 valence electrons. The van der Waals surface area contributed by atoms with Gasteiger partial charge in [0.05, 0.1) is 23.3 Å². The van der Waals surface area contributed by atoms with E-state index in [1.54, 1.807) is 36.4 Å². The van der Waals surface area contributed by atoms with Crippen LogP contribution in [0.1, 0.15) is 80.3 Å². The minimum absolute atomic E-state index is 0.173. The molecule has 0 atom stereocenters. The fraction of sp³-hybridized carbons (Fsp3) is 0.231. The van der Waals surface area contributed by atoms with Gasteiger partial charge in [-0.3, -0.25) is 19.2 Å². The zero-order chi connectivity index (χ0) is 24.7. The first-order chi connectivity index (χ1) is 15.5. The minimum atomic E-state index is -0.210. The number of hydrogen-bond donors (Lipinski definition) is 0. The summed E-state index contributed by atoms with van der Waals surface area (Å²) < 4.78 is 5.54. The molecule has 0 fully saturated rings. The smallest absolute Gasteiger partial charge is 0.161 e. The highest BCUT2D eigenvalue weighted by atomic mass is 35.5. The zero-order valence-electron chi connectivity index (χ0n) is 18.8. The molecule has 0 N–H and O–H groups in total. The molecule has 2 aromatic carbocycles. The van der Waals surface area contributed by atoms with E-state index in [-0.39, 0.29) is 46.4 Å². The lowest BCUT2D eigenvalue weighted by atomic mass is 9.99. The van der Waals surface area contributed by atoms with Crippen molar-refractivity contribution in [2.45, 2.75) is 27.7 Å². The molecule has 0 unspecified atom stereocenters. The molecular weight excluding hydrogens is 463 g/mol. The highest BCUT2D eigenvalue weighted by molar-refractivity contribution is 6.34. The molecule has 0 saturated carbocycles. The summed E-state index contributed by atoms with van der Waals surface area (Å²) in [7, 11) is 0. The quantitative estimate of drug-likeness (QED) is 0.281. The van der Waals surface area contributed by atoms with E-state index < -0.39 is 0 Å². The third-order valence-electron chi connectivity index (χ3n) is 4.82. The summed E-state index contributed by atoms with van der Waals surface area (Å²) in [5.41, 5.74) is 2.63. The maximum absolute atomic E-state index is 11.9. The van der Waals surface area contributed by atoms with Crippen LogP contribution in [0.15, 0.2) is 36.4 Å². The SMILES string of the molecule is CC(=O)c1cc(C(C)=O)c(C=CCOCC=Cc2cc(Cl)c(C(C)=O)cc2C(C)=O)cc1Cl. The molecule has 0 bridgehead atoms. The van der Waals surface area contributed by atoms with Crippen molar-refractivity contribution in [3.8, 4) is 0 Å². The van der Waals surface area contributed by atoms with Crippen LogP contribution in [0.25, 0.3) is 12.2 Å². The van der Waals surface area contributed by atoms with Gasteiger partial charge in [-0.2, -0.15) is 0 Å². The van der Waals surface area contributed by atoms with Crippen molar-refractivity contribution in [1.29, 1.82) is 0 Å². The van der Waals surface area contributed by atoms with Gasteiger partial charge < -0.3 is 4.74 Å². The van der Waals surface area contributed by atoms with Gasteiger partial charge in [-0.1, -0.05) is 47.5 Å². The van der Waals surface area contributed by atoms with Gasteiger partial charge in [0.1, 0.15) is 0 Å². The van der Waals surface area contributed by atoms with Crippen molar-refractivity contribution >= 4 is 58.5 Å². The Morgan fingerprint density at radius 1 is 0.636 bits per heavy atom. The van der Waals surface area contributed by atoms with E-state index >= 15 is 0 Å². The summed E-state index contributed by atoms with van der Waals surface area (Å²) in [6.45, 7) is 6.17. The molecule has 0 heterocycles. The Morgan fingerprint density at radius 2 is 0.970 bits per heavy atom. The number of rotatable bonds is 10. The number of hydrogen-bond acceptors (Lipinski definition) is 5. The van der Waals surface area contributed by atoms with E-state index in [1.165, 1.54) is 39.8 Å². The molecule has 33 heavy (non-hydrogen) atoms. The molecule has 5 nitrogen and oxygen atoms in total. The van der Waals surface area contributed by atoms with Gasteiger partial charge >= 0.3 is 0 Å². The fourth-order valence-corrected chi connectivity index (χ4v) is 3.77. The van der Waals surface area contributed by atoms with Crippen LogP contribution < -0.4 is 0 Å². The third kappa shape index (κ3) is 7.06. The van der Waals surface area contributed by atoms with Crippen molar-refractivity contribution in [3.63, 3.8) is 0 Å². The Balaban J connectivity index is 2.06. The Hall–Kier alpha value is -2.86. The molecule has 0 aliphatic rings. The maximum atomic E-state index is 11.9. The number of ether oxygens (including phenoxy) is 1. The summed E-state index contributed by atoms with van der Waals surface area (Å²) in [5.74, 6) is -0.765. The minimum Gasteiger partial charge on any atom is -0.373 e. The van der Waals surface area contributed by atoms with Crippen molar-refractivity contribution < 1.29 is 23.9 Å². The van der Waals surface area contributed by atoms with Gasteiger partial charge in [0.15, 0.2) is 23.1 Å². The highest BCUT2D eigenvalue weighted by Crippen LogP contribution is 2.25.